The van der Waals surface area contributed by atoms with Crippen LogP contribution in [0.15, 0.2) is 0 Å². The van der Waals surface area contributed by atoms with Crippen LogP contribution in [0, 0.1) is 0 Å². The lowest BCUT2D eigenvalue weighted by molar-refractivity contribution is -0.132. The number of alkyl halides is 1. The number of hydrogen-bond acceptors (Lipinski definition) is 2. The third kappa shape index (κ3) is 6.24. The second-order valence-electron chi connectivity index (χ2n) is 4.69. The summed E-state index contributed by atoms with van der Waals surface area (Å²) >= 11 is 5.54. The molecule has 1 saturated heterocycles. The normalized spacial score (nSPS) is 15.5. The minimum absolute atomic E-state index is 0.0200. The topological polar surface area (TPSA) is 49.4 Å². The number of unbranched alkanes of at least 4 members (excludes halogenated alkanes) is 1. The standard InChI is InChI=1S/C13H23ClN2O2/c14-8-3-2-6-12(17)15-9-7-13(18)16-10-4-1-5-11-16/h1-11H2,(H,15,17). The fourth-order valence-electron chi connectivity index (χ4n) is 2.08. The Labute approximate surface area is 114 Å². The summed E-state index contributed by atoms with van der Waals surface area (Å²) in [4.78, 5) is 25.1. The first-order valence-electron chi connectivity index (χ1n) is 6.84. The highest BCUT2D eigenvalue weighted by molar-refractivity contribution is 6.17. The molecule has 0 aromatic rings. The Hall–Kier alpha value is -0.770. The molecule has 2 amide bonds. The Morgan fingerprint density at radius 1 is 1.06 bits per heavy atom. The summed E-state index contributed by atoms with van der Waals surface area (Å²) in [6, 6.07) is 0. The Balaban J connectivity index is 2.05. The molecule has 0 radical (unpaired) electrons. The van der Waals surface area contributed by atoms with E-state index in [4.69, 9.17) is 11.6 Å². The maximum atomic E-state index is 11.8. The van der Waals surface area contributed by atoms with Gasteiger partial charge in [-0.1, -0.05) is 0 Å². The second kappa shape index (κ2) is 9.20. The van der Waals surface area contributed by atoms with Gasteiger partial charge in [0, 0.05) is 38.4 Å². The molecule has 1 N–H and O–H groups in total. The Morgan fingerprint density at radius 2 is 1.78 bits per heavy atom. The van der Waals surface area contributed by atoms with Crippen molar-refractivity contribution in [2.24, 2.45) is 0 Å². The van der Waals surface area contributed by atoms with Crippen LogP contribution in [0.4, 0.5) is 0 Å². The zero-order valence-electron chi connectivity index (χ0n) is 10.9. The van der Waals surface area contributed by atoms with Gasteiger partial charge < -0.3 is 10.2 Å². The van der Waals surface area contributed by atoms with Crippen LogP contribution in [0.2, 0.25) is 0 Å². The van der Waals surface area contributed by atoms with Gasteiger partial charge in [0.25, 0.3) is 0 Å². The number of rotatable bonds is 7. The second-order valence-corrected chi connectivity index (χ2v) is 5.07. The summed E-state index contributed by atoms with van der Waals surface area (Å²) in [6.07, 6.45) is 6.04. The van der Waals surface area contributed by atoms with E-state index in [1.165, 1.54) is 6.42 Å². The SMILES string of the molecule is O=C(CCCCCl)NCCC(=O)N1CCCCC1. The lowest BCUT2D eigenvalue weighted by Gasteiger charge is -2.26. The number of halogens is 1. The van der Waals surface area contributed by atoms with Crippen molar-refractivity contribution < 1.29 is 9.59 Å². The van der Waals surface area contributed by atoms with Gasteiger partial charge in [0.05, 0.1) is 0 Å². The summed E-state index contributed by atoms with van der Waals surface area (Å²) in [5, 5.41) is 2.78. The zero-order valence-corrected chi connectivity index (χ0v) is 11.7. The Kier molecular flexibility index (Phi) is 7.81. The largest absolute Gasteiger partial charge is 0.356 e. The van der Waals surface area contributed by atoms with Crippen molar-refractivity contribution in [2.45, 2.75) is 44.9 Å². The van der Waals surface area contributed by atoms with E-state index in [-0.39, 0.29) is 11.8 Å². The maximum absolute atomic E-state index is 11.8. The number of amides is 2. The number of nitrogens with one attached hydrogen (secondary N) is 1. The average Bonchev–Trinajstić information content (AvgIpc) is 2.40. The summed E-state index contributed by atoms with van der Waals surface area (Å²) in [6.45, 7) is 2.21. The fraction of sp³-hybridized carbons (Fsp3) is 0.846. The fourth-order valence-corrected chi connectivity index (χ4v) is 2.27. The van der Waals surface area contributed by atoms with Crippen molar-refractivity contribution in [3.63, 3.8) is 0 Å². The van der Waals surface area contributed by atoms with Crippen LogP contribution in [0.3, 0.4) is 0 Å². The molecule has 1 aliphatic heterocycles. The van der Waals surface area contributed by atoms with Crippen molar-refractivity contribution >= 4 is 23.4 Å². The van der Waals surface area contributed by atoms with E-state index >= 15 is 0 Å². The molecule has 0 bridgehead atoms. The molecule has 0 aromatic heterocycles. The van der Waals surface area contributed by atoms with Crippen molar-refractivity contribution in [3.8, 4) is 0 Å². The van der Waals surface area contributed by atoms with E-state index in [0.29, 0.717) is 25.3 Å². The third-order valence-electron chi connectivity index (χ3n) is 3.16. The molecular weight excluding hydrogens is 252 g/mol. The van der Waals surface area contributed by atoms with E-state index in [2.05, 4.69) is 5.32 Å². The molecule has 0 atom stereocenters. The average molecular weight is 275 g/mol. The summed E-state index contributed by atoms with van der Waals surface area (Å²) in [5.74, 6) is 0.781. The minimum atomic E-state index is 0.0200. The highest BCUT2D eigenvalue weighted by Gasteiger charge is 2.15. The number of carbonyl (C=O) groups excluding carboxylic acids is 2. The molecule has 0 unspecified atom stereocenters. The van der Waals surface area contributed by atoms with E-state index in [1.807, 2.05) is 4.90 Å². The summed E-state index contributed by atoms with van der Waals surface area (Å²) in [7, 11) is 0. The molecule has 0 aromatic carbocycles. The summed E-state index contributed by atoms with van der Waals surface area (Å²) in [5.41, 5.74) is 0. The van der Waals surface area contributed by atoms with Crippen molar-refractivity contribution in [3.05, 3.63) is 0 Å². The molecule has 1 rings (SSSR count). The van der Waals surface area contributed by atoms with E-state index in [9.17, 15) is 9.59 Å². The zero-order chi connectivity index (χ0) is 13.2. The van der Waals surface area contributed by atoms with Crippen LogP contribution in [0.25, 0.3) is 0 Å². The summed E-state index contributed by atoms with van der Waals surface area (Å²) < 4.78 is 0. The molecule has 0 spiro atoms. The molecule has 5 heteroatoms. The van der Waals surface area contributed by atoms with Crippen molar-refractivity contribution in [2.75, 3.05) is 25.5 Å². The molecule has 0 aliphatic carbocycles. The van der Waals surface area contributed by atoms with Gasteiger partial charge in [-0.05, 0) is 32.1 Å². The van der Waals surface area contributed by atoms with Gasteiger partial charge >= 0.3 is 0 Å². The molecule has 0 saturated carbocycles. The number of piperidine rings is 1. The van der Waals surface area contributed by atoms with Crippen LogP contribution in [0.1, 0.15) is 44.9 Å². The van der Waals surface area contributed by atoms with Gasteiger partial charge in [0.15, 0.2) is 0 Å². The maximum Gasteiger partial charge on any atom is 0.224 e. The molecule has 1 fully saturated rings. The number of nitrogens with zero attached hydrogens (tertiary/aromatic N) is 1. The monoisotopic (exact) mass is 274 g/mol. The Morgan fingerprint density at radius 3 is 2.44 bits per heavy atom. The van der Waals surface area contributed by atoms with Gasteiger partial charge in [-0.2, -0.15) is 0 Å². The predicted molar refractivity (Wildman–Crippen MR) is 72.6 cm³/mol. The van der Waals surface area contributed by atoms with Crippen LogP contribution in [-0.2, 0) is 9.59 Å². The number of hydrogen-bond donors (Lipinski definition) is 1. The lowest BCUT2D eigenvalue weighted by Crippen LogP contribution is -2.37. The first-order valence-corrected chi connectivity index (χ1v) is 7.38. The molecule has 104 valence electrons. The van der Waals surface area contributed by atoms with Gasteiger partial charge in [0.2, 0.25) is 11.8 Å². The quantitative estimate of drug-likeness (QED) is 0.570. The molecule has 4 nitrogen and oxygen atoms in total. The van der Waals surface area contributed by atoms with Gasteiger partial charge in [-0.15, -0.1) is 11.6 Å². The molecular formula is C13H23ClN2O2. The van der Waals surface area contributed by atoms with Crippen LogP contribution < -0.4 is 5.32 Å². The first kappa shape index (κ1) is 15.3. The predicted octanol–water partition coefficient (Wildman–Crippen LogP) is 1.91. The number of carbonyl (C=O) groups is 2. The molecule has 1 aliphatic rings. The minimum Gasteiger partial charge on any atom is -0.356 e. The third-order valence-corrected chi connectivity index (χ3v) is 3.42. The first-order chi connectivity index (χ1) is 8.74. The van der Waals surface area contributed by atoms with E-state index < -0.39 is 0 Å². The van der Waals surface area contributed by atoms with E-state index in [0.717, 1.165) is 38.8 Å². The van der Waals surface area contributed by atoms with Crippen LogP contribution in [-0.4, -0.2) is 42.2 Å². The van der Waals surface area contributed by atoms with E-state index in [1.54, 1.807) is 0 Å². The van der Waals surface area contributed by atoms with Crippen molar-refractivity contribution in [1.82, 2.24) is 10.2 Å². The molecule has 1 heterocycles. The van der Waals surface area contributed by atoms with Crippen molar-refractivity contribution in [1.29, 1.82) is 0 Å². The highest BCUT2D eigenvalue weighted by atomic mass is 35.5. The number of likely N-dealkylation sites (tertiary alicyclic amines) is 1. The lowest BCUT2D eigenvalue weighted by atomic mass is 10.1. The Bertz CT molecular complexity index is 266. The molecule has 18 heavy (non-hydrogen) atoms. The van der Waals surface area contributed by atoms with Gasteiger partial charge in [0.1, 0.15) is 0 Å². The van der Waals surface area contributed by atoms with Gasteiger partial charge in [-0.25, -0.2) is 0 Å². The van der Waals surface area contributed by atoms with Crippen LogP contribution in [0.5, 0.6) is 0 Å². The van der Waals surface area contributed by atoms with Crippen LogP contribution >= 0.6 is 11.6 Å². The highest BCUT2D eigenvalue weighted by Crippen LogP contribution is 2.09. The van der Waals surface area contributed by atoms with Gasteiger partial charge in [-0.3, -0.25) is 9.59 Å². The smallest absolute Gasteiger partial charge is 0.224 e.